The van der Waals surface area contributed by atoms with Gasteiger partial charge in [0.2, 0.25) is 5.91 Å². The Morgan fingerprint density at radius 1 is 1.16 bits per heavy atom. The number of aryl methyl sites for hydroxylation is 1. The van der Waals surface area contributed by atoms with Crippen molar-refractivity contribution < 1.29 is 14.5 Å². The molecule has 2 N–H and O–H groups in total. The molecule has 7 heteroatoms. The Morgan fingerprint density at radius 2 is 1.84 bits per heavy atom. The third-order valence-electron chi connectivity index (χ3n) is 3.78. The van der Waals surface area contributed by atoms with Crippen LogP contribution in [0.4, 0.5) is 5.69 Å². The van der Waals surface area contributed by atoms with Gasteiger partial charge in [-0.25, -0.2) is 0 Å². The number of nitro benzene ring substituents is 1. The molecule has 0 radical (unpaired) electrons. The standard InChI is InChI=1S/C18H19N3O4/c1-13-7-8-15(11-16(13)21(24)25)18(23)20(10-9-17(19)22)12-14-5-3-2-4-6-14/h2-8,11H,9-10,12H2,1H3,(H2,19,22). The highest BCUT2D eigenvalue weighted by Gasteiger charge is 2.20. The molecular formula is C18H19N3O4. The van der Waals surface area contributed by atoms with Crippen LogP contribution in [0.15, 0.2) is 48.5 Å². The molecule has 0 atom stereocenters. The second-order valence-electron chi connectivity index (χ2n) is 5.69. The van der Waals surface area contributed by atoms with Crippen molar-refractivity contribution in [3.05, 3.63) is 75.3 Å². The minimum atomic E-state index is -0.517. The van der Waals surface area contributed by atoms with Gasteiger partial charge in [-0.3, -0.25) is 19.7 Å². The van der Waals surface area contributed by atoms with Crippen LogP contribution in [0.2, 0.25) is 0 Å². The van der Waals surface area contributed by atoms with Crippen molar-refractivity contribution in [3.63, 3.8) is 0 Å². The van der Waals surface area contributed by atoms with Crippen molar-refractivity contribution in [1.82, 2.24) is 4.90 Å². The number of rotatable bonds is 7. The van der Waals surface area contributed by atoms with Crippen LogP contribution in [0, 0.1) is 17.0 Å². The van der Waals surface area contributed by atoms with Gasteiger partial charge in [-0.1, -0.05) is 36.4 Å². The topological polar surface area (TPSA) is 107 Å². The van der Waals surface area contributed by atoms with E-state index in [1.807, 2.05) is 30.3 Å². The Kier molecular flexibility index (Phi) is 5.84. The summed E-state index contributed by atoms with van der Waals surface area (Å²) in [5, 5.41) is 11.1. The molecule has 7 nitrogen and oxygen atoms in total. The van der Waals surface area contributed by atoms with Gasteiger partial charge in [0.25, 0.3) is 11.6 Å². The molecule has 0 unspecified atom stereocenters. The average Bonchev–Trinajstić information content (AvgIpc) is 2.59. The lowest BCUT2D eigenvalue weighted by atomic mass is 10.1. The van der Waals surface area contributed by atoms with Gasteiger partial charge in [0, 0.05) is 36.7 Å². The third-order valence-corrected chi connectivity index (χ3v) is 3.78. The normalized spacial score (nSPS) is 10.3. The van der Waals surface area contributed by atoms with E-state index in [-0.39, 0.29) is 36.7 Å². The molecular weight excluding hydrogens is 322 g/mol. The number of nitrogens with zero attached hydrogens (tertiary/aromatic N) is 2. The highest BCUT2D eigenvalue weighted by Crippen LogP contribution is 2.21. The van der Waals surface area contributed by atoms with E-state index in [1.165, 1.54) is 11.0 Å². The van der Waals surface area contributed by atoms with Crippen molar-refractivity contribution in [2.24, 2.45) is 5.73 Å². The predicted octanol–water partition coefficient (Wildman–Crippen LogP) is 2.42. The summed E-state index contributed by atoms with van der Waals surface area (Å²) < 4.78 is 0. The third kappa shape index (κ3) is 4.87. The summed E-state index contributed by atoms with van der Waals surface area (Å²) in [5.74, 6) is -0.894. The molecule has 25 heavy (non-hydrogen) atoms. The zero-order valence-corrected chi connectivity index (χ0v) is 13.8. The molecule has 0 saturated heterocycles. The molecule has 0 aliphatic carbocycles. The van der Waals surface area contributed by atoms with Crippen LogP contribution in [0.1, 0.15) is 27.9 Å². The minimum Gasteiger partial charge on any atom is -0.370 e. The molecule has 0 aromatic heterocycles. The molecule has 2 aromatic rings. The van der Waals surface area contributed by atoms with E-state index < -0.39 is 10.8 Å². The number of carbonyl (C=O) groups excluding carboxylic acids is 2. The van der Waals surface area contributed by atoms with E-state index in [9.17, 15) is 19.7 Å². The Bertz CT molecular complexity index is 790. The van der Waals surface area contributed by atoms with Crippen molar-refractivity contribution in [3.8, 4) is 0 Å². The maximum atomic E-state index is 12.8. The number of hydrogen-bond acceptors (Lipinski definition) is 4. The smallest absolute Gasteiger partial charge is 0.273 e. The Hall–Kier alpha value is -3.22. The lowest BCUT2D eigenvalue weighted by molar-refractivity contribution is -0.385. The molecule has 0 heterocycles. The number of hydrogen-bond donors (Lipinski definition) is 1. The maximum absolute atomic E-state index is 12.8. The fraction of sp³-hybridized carbons (Fsp3) is 0.222. The Morgan fingerprint density at radius 3 is 2.44 bits per heavy atom. The van der Waals surface area contributed by atoms with Crippen LogP contribution < -0.4 is 5.73 Å². The number of carbonyl (C=O) groups is 2. The van der Waals surface area contributed by atoms with Gasteiger partial charge in [0.1, 0.15) is 0 Å². The number of benzene rings is 2. The van der Waals surface area contributed by atoms with Crippen molar-refractivity contribution >= 4 is 17.5 Å². The van der Waals surface area contributed by atoms with Gasteiger partial charge in [-0.2, -0.15) is 0 Å². The van der Waals surface area contributed by atoms with E-state index in [0.29, 0.717) is 5.56 Å². The van der Waals surface area contributed by atoms with Gasteiger partial charge in [0.05, 0.1) is 4.92 Å². The average molecular weight is 341 g/mol. The Labute approximate surface area is 145 Å². The van der Waals surface area contributed by atoms with Crippen LogP contribution >= 0.6 is 0 Å². The van der Waals surface area contributed by atoms with E-state index in [1.54, 1.807) is 19.1 Å². The van der Waals surface area contributed by atoms with Crippen LogP contribution in [0.3, 0.4) is 0 Å². The fourth-order valence-corrected chi connectivity index (χ4v) is 2.42. The van der Waals surface area contributed by atoms with Gasteiger partial charge >= 0.3 is 0 Å². The molecule has 0 fully saturated rings. The van der Waals surface area contributed by atoms with Gasteiger partial charge in [0.15, 0.2) is 0 Å². The quantitative estimate of drug-likeness (QED) is 0.616. The Balaban J connectivity index is 2.29. The summed E-state index contributed by atoms with van der Waals surface area (Å²) in [6, 6.07) is 13.6. The van der Waals surface area contributed by atoms with Crippen molar-refractivity contribution in [1.29, 1.82) is 0 Å². The highest BCUT2D eigenvalue weighted by atomic mass is 16.6. The van der Waals surface area contributed by atoms with Gasteiger partial charge in [-0.15, -0.1) is 0 Å². The monoisotopic (exact) mass is 341 g/mol. The zero-order chi connectivity index (χ0) is 18.4. The second-order valence-corrected chi connectivity index (χ2v) is 5.69. The first kappa shape index (κ1) is 18.1. The predicted molar refractivity (Wildman–Crippen MR) is 92.8 cm³/mol. The van der Waals surface area contributed by atoms with Crippen LogP contribution in [0.25, 0.3) is 0 Å². The summed E-state index contributed by atoms with van der Waals surface area (Å²) in [6.45, 7) is 2.04. The molecule has 0 bridgehead atoms. The number of nitro groups is 1. The lowest BCUT2D eigenvalue weighted by Gasteiger charge is -2.22. The molecule has 2 aromatic carbocycles. The summed E-state index contributed by atoms with van der Waals surface area (Å²) in [6.07, 6.45) is 0.0204. The summed E-state index contributed by atoms with van der Waals surface area (Å²) in [4.78, 5) is 35.9. The molecule has 0 spiro atoms. The van der Waals surface area contributed by atoms with Gasteiger partial charge in [-0.05, 0) is 18.6 Å². The SMILES string of the molecule is Cc1ccc(C(=O)N(CCC(N)=O)Cc2ccccc2)cc1[N+](=O)[O-]. The molecule has 0 saturated carbocycles. The first-order chi connectivity index (χ1) is 11.9. The van der Waals surface area contributed by atoms with Crippen LogP contribution in [-0.4, -0.2) is 28.2 Å². The summed E-state index contributed by atoms with van der Waals surface area (Å²) >= 11 is 0. The molecule has 2 amide bonds. The second kappa shape index (κ2) is 8.05. The molecule has 130 valence electrons. The lowest BCUT2D eigenvalue weighted by Crippen LogP contribution is -2.33. The molecule has 2 rings (SSSR count). The van der Waals surface area contributed by atoms with Crippen LogP contribution in [0.5, 0.6) is 0 Å². The number of primary amides is 1. The van der Waals surface area contributed by atoms with E-state index in [2.05, 4.69) is 0 Å². The first-order valence-electron chi connectivity index (χ1n) is 7.75. The molecule has 0 aliphatic heterocycles. The fourth-order valence-electron chi connectivity index (χ4n) is 2.42. The summed E-state index contributed by atoms with van der Waals surface area (Å²) in [7, 11) is 0. The molecule has 0 aliphatic rings. The van der Waals surface area contributed by atoms with E-state index >= 15 is 0 Å². The van der Waals surface area contributed by atoms with Crippen molar-refractivity contribution in [2.75, 3.05) is 6.54 Å². The summed E-state index contributed by atoms with van der Waals surface area (Å²) in [5.41, 5.74) is 6.66. The minimum absolute atomic E-state index is 0.0204. The van der Waals surface area contributed by atoms with E-state index in [0.717, 1.165) is 5.56 Å². The van der Waals surface area contributed by atoms with E-state index in [4.69, 9.17) is 5.73 Å². The number of nitrogens with two attached hydrogens (primary N) is 1. The van der Waals surface area contributed by atoms with Gasteiger partial charge < -0.3 is 10.6 Å². The first-order valence-corrected chi connectivity index (χ1v) is 7.75. The van der Waals surface area contributed by atoms with Crippen LogP contribution in [-0.2, 0) is 11.3 Å². The largest absolute Gasteiger partial charge is 0.370 e. The van der Waals surface area contributed by atoms with Crippen molar-refractivity contribution in [2.45, 2.75) is 19.9 Å². The highest BCUT2D eigenvalue weighted by molar-refractivity contribution is 5.95. The number of amides is 2. The maximum Gasteiger partial charge on any atom is 0.273 e. The zero-order valence-electron chi connectivity index (χ0n) is 13.8.